The fourth-order valence-corrected chi connectivity index (χ4v) is 1.33. The summed E-state index contributed by atoms with van der Waals surface area (Å²) in [6, 6.07) is 9.44. The van der Waals surface area contributed by atoms with E-state index in [0.29, 0.717) is 0 Å². The van der Waals surface area contributed by atoms with E-state index >= 15 is 0 Å². The van der Waals surface area contributed by atoms with Crippen LogP contribution >= 0.6 is 0 Å². The van der Waals surface area contributed by atoms with E-state index in [2.05, 4.69) is 5.92 Å². The molecule has 0 bridgehead atoms. The van der Waals surface area contributed by atoms with Gasteiger partial charge in [-0.05, 0) is 24.1 Å². The highest BCUT2D eigenvalue weighted by atomic mass is 16.3. The highest BCUT2D eigenvalue weighted by Gasteiger charge is 2.09. The topological polar surface area (TPSA) is 20.2 Å². The molecule has 0 aromatic heterocycles. The van der Waals surface area contributed by atoms with Gasteiger partial charge in [-0.3, -0.25) is 0 Å². The van der Waals surface area contributed by atoms with Gasteiger partial charge in [-0.15, -0.1) is 6.42 Å². The van der Waals surface area contributed by atoms with Gasteiger partial charge in [0.05, 0.1) is 0 Å². The quantitative estimate of drug-likeness (QED) is 0.585. The molecule has 1 unspecified atom stereocenters. The predicted molar refractivity (Wildman–Crippen MR) is 63.1 cm³/mol. The smallest absolute Gasteiger partial charge is 0.105 e. The monoisotopic (exact) mass is 198 g/mol. The van der Waals surface area contributed by atoms with Crippen molar-refractivity contribution >= 4 is 0 Å². The lowest BCUT2D eigenvalue weighted by atomic mass is 10.0. The molecule has 0 saturated carbocycles. The van der Waals surface area contributed by atoms with Crippen LogP contribution in [0.1, 0.15) is 18.6 Å². The number of aliphatic hydroxyl groups is 1. The molecule has 0 fully saturated rings. The van der Waals surface area contributed by atoms with Crippen molar-refractivity contribution in [3.05, 3.63) is 59.7 Å². The van der Waals surface area contributed by atoms with Crippen molar-refractivity contribution in [3.63, 3.8) is 0 Å². The first-order valence-corrected chi connectivity index (χ1v) is 4.81. The van der Waals surface area contributed by atoms with E-state index in [-0.39, 0.29) is 0 Å². The van der Waals surface area contributed by atoms with E-state index in [1.165, 1.54) is 0 Å². The lowest BCUT2D eigenvalue weighted by molar-refractivity contribution is 0.219. The molecule has 0 aliphatic carbocycles. The minimum absolute atomic E-state index is 0.654. The molecular weight excluding hydrogens is 184 g/mol. The first kappa shape index (κ1) is 11.3. The Hall–Kier alpha value is -1.78. The third-order valence-electron chi connectivity index (χ3n) is 2.04. The van der Waals surface area contributed by atoms with Crippen molar-refractivity contribution in [2.45, 2.75) is 13.0 Å². The summed E-state index contributed by atoms with van der Waals surface area (Å²) in [5.74, 6) is 2.43. The third kappa shape index (κ3) is 3.12. The number of terminal acetylenes is 1. The number of allylic oxidation sites excluding steroid dienone is 2. The van der Waals surface area contributed by atoms with Gasteiger partial charge in [-0.25, -0.2) is 0 Å². The molecular formula is C14H14O. The summed E-state index contributed by atoms with van der Waals surface area (Å²) < 4.78 is 0. The molecule has 0 aliphatic rings. The molecule has 1 aromatic carbocycles. The summed E-state index contributed by atoms with van der Waals surface area (Å²) in [6.45, 7) is 1.89. The van der Waals surface area contributed by atoms with Crippen molar-refractivity contribution in [1.82, 2.24) is 0 Å². The standard InChI is InChI=1S/C14H14O/c1-3-8-12(9-4-2)14(15)13-10-6-5-7-11-13/h1,4-11,14-15H,2H3. The third-order valence-corrected chi connectivity index (χ3v) is 2.04. The molecule has 0 spiro atoms. The first-order valence-electron chi connectivity index (χ1n) is 4.81. The van der Waals surface area contributed by atoms with Crippen LogP contribution in [0.4, 0.5) is 0 Å². The molecule has 1 atom stereocenters. The molecule has 15 heavy (non-hydrogen) atoms. The van der Waals surface area contributed by atoms with Gasteiger partial charge in [0.15, 0.2) is 0 Å². The Morgan fingerprint density at radius 3 is 2.60 bits per heavy atom. The molecule has 0 heterocycles. The zero-order chi connectivity index (χ0) is 11.1. The van der Waals surface area contributed by atoms with E-state index < -0.39 is 6.10 Å². The summed E-state index contributed by atoms with van der Waals surface area (Å²) in [4.78, 5) is 0. The number of rotatable bonds is 3. The second-order valence-electron chi connectivity index (χ2n) is 3.12. The van der Waals surface area contributed by atoms with Crippen LogP contribution in [-0.4, -0.2) is 5.11 Å². The SMILES string of the molecule is C#CC=C(C=CC)C(O)c1ccccc1. The number of hydrogen-bond acceptors (Lipinski definition) is 1. The molecule has 0 amide bonds. The number of benzene rings is 1. The van der Waals surface area contributed by atoms with Gasteiger partial charge in [-0.1, -0.05) is 48.4 Å². The first-order chi connectivity index (χ1) is 7.29. The van der Waals surface area contributed by atoms with E-state index in [1.807, 2.05) is 49.4 Å². The summed E-state index contributed by atoms with van der Waals surface area (Å²) in [5, 5.41) is 10.0. The van der Waals surface area contributed by atoms with Crippen LogP contribution in [0.15, 0.2) is 54.1 Å². The molecule has 76 valence electrons. The maximum Gasteiger partial charge on any atom is 0.105 e. The van der Waals surface area contributed by atoms with Crippen molar-refractivity contribution < 1.29 is 5.11 Å². The van der Waals surface area contributed by atoms with Crippen LogP contribution in [0.5, 0.6) is 0 Å². The lowest BCUT2D eigenvalue weighted by Gasteiger charge is -2.11. The van der Waals surface area contributed by atoms with Gasteiger partial charge >= 0.3 is 0 Å². The average Bonchev–Trinajstić information content (AvgIpc) is 2.29. The van der Waals surface area contributed by atoms with Crippen molar-refractivity contribution in [2.24, 2.45) is 0 Å². The molecule has 0 aliphatic heterocycles. The van der Waals surface area contributed by atoms with Crippen LogP contribution in [0, 0.1) is 12.3 Å². The Labute approximate surface area is 90.8 Å². The minimum atomic E-state index is -0.654. The second-order valence-corrected chi connectivity index (χ2v) is 3.12. The zero-order valence-electron chi connectivity index (χ0n) is 8.72. The fourth-order valence-electron chi connectivity index (χ4n) is 1.33. The van der Waals surface area contributed by atoms with Crippen LogP contribution in [0.25, 0.3) is 0 Å². The normalized spacial score (nSPS) is 13.8. The average molecular weight is 198 g/mol. The van der Waals surface area contributed by atoms with E-state index in [4.69, 9.17) is 6.42 Å². The van der Waals surface area contributed by atoms with E-state index in [9.17, 15) is 5.11 Å². The highest BCUT2D eigenvalue weighted by molar-refractivity contribution is 5.35. The van der Waals surface area contributed by atoms with Crippen LogP contribution in [0.2, 0.25) is 0 Å². The summed E-state index contributed by atoms with van der Waals surface area (Å²) in [5.41, 5.74) is 1.57. The van der Waals surface area contributed by atoms with Gasteiger partial charge in [0.25, 0.3) is 0 Å². The van der Waals surface area contributed by atoms with Crippen molar-refractivity contribution in [1.29, 1.82) is 0 Å². The molecule has 1 heteroatoms. The maximum atomic E-state index is 10.0. The van der Waals surface area contributed by atoms with Crippen LogP contribution in [-0.2, 0) is 0 Å². The van der Waals surface area contributed by atoms with Crippen molar-refractivity contribution in [3.8, 4) is 12.3 Å². The predicted octanol–water partition coefficient (Wildman–Crippen LogP) is 2.86. The molecule has 1 rings (SSSR count). The summed E-state index contributed by atoms with van der Waals surface area (Å²) in [7, 11) is 0. The second kappa shape index (κ2) is 5.85. The Morgan fingerprint density at radius 2 is 2.07 bits per heavy atom. The van der Waals surface area contributed by atoms with Crippen LogP contribution < -0.4 is 0 Å². The molecule has 1 aromatic rings. The molecule has 1 nitrogen and oxygen atoms in total. The Morgan fingerprint density at radius 1 is 1.40 bits per heavy atom. The lowest BCUT2D eigenvalue weighted by Crippen LogP contribution is -1.99. The number of hydrogen-bond donors (Lipinski definition) is 1. The highest BCUT2D eigenvalue weighted by Crippen LogP contribution is 2.21. The van der Waals surface area contributed by atoms with Crippen molar-refractivity contribution in [2.75, 3.05) is 0 Å². The van der Waals surface area contributed by atoms with E-state index in [0.717, 1.165) is 11.1 Å². The Kier molecular flexibility index (Phi) is 4.40. The fraction of sp³-hybridized carbons (Fsp3) is 0.143. The minimum Gasteiger partial charge on any atom is -0.384 e. The molecule has 1 N–H and O–H groups in total. The summed E-state index contributed by atoms with van der Waals surface area (Å²) in [6.07, 6.45) is 9.80. The largest absolute Gasteiger partial charge is 0.384 e. The molecule has 0 saturated heterocycles. The number of aliphatic hydroxyl groups excluding tert-OH is 1. The van der Waals surface area contributed by atoms with E-state index in [1.54, 1.807) is 6.08 Å². The van der Waals surface area contributed by atoms with Gasteiger partial charge in [0.2, 0.25) is 0 Å². The Bertz CT molecular complexity index is 393. The zero-order valence-corrected chi connectivity index (χ0v) is 8.72. The van der Waals surface area contributed by atoms with Gasteiger partial charge < -0.3 is 5.11 Å². The van der Waals surface area contributed by atoms with Gasteiger partial charge in [0, 0.05) is 0 Å². The molecule has 0 radical (unpaired) electrons. The van der Waals surface area contributed by atoms with Gasteiger partial charge in [-0.2, -0.15) is 0 Å². The summed E-state index contributed by atoms with van der Waals surface area (Å²) >= 11 is 0. The van der Waals surface area contributed by atoms with Crippen LogP contribution in [0.3, 0.4) is 0 Å². The van der Waals surface area contributed by atoms with Gasteiger partial charge in [0.1, 0.15) is 6.10 Å². The maximum absolute atomic E-state index is 10.0. The Balaban J connectivity index is 2.97.